The summed E-state index contributed by atoms with van der Waals surface area (Å²) < 4.78 is 10.1. The first kappa shape index (κ1) is 26.3. The predicted molar refractivity (Wildman–Crippen MR) is 112 cm³/mol. The molecule has 0 atom stereocenters. The SMILES string of the molecule is CC(C)(C)[n+]1ccccc1.CCC[n+]1ccc(OC(C)(C)C)cc1.[CH3-].[CH3-]. The number of aromatic nitrogens is 2. The molecule has 0 unspecified atom stereocenters. The Morgan fingerprint density at radius 1 is 0.808 bits per heavy atom. The molecule has 0 spiro atoms. The van der Waals surface area contributed by atoms with Gasteiger partial charge in [-0.3, -0.25) is 0 Å². The number of pyridine rings is 2. The Labute approximate surface area is 162 Å². The van der Waals surface area contributed by atoms with Crippen molar-refractivity contribution in [2.45, 2.75) is 72.6 Å². The first-order valence-electron chi connectivity index (χ1n) is 8.77. The van der Waals surface area contributed by atoms with Gasteiger partial charge in [0.1, 0.15) is 17.9 Å². The van der Waals surface area contributed by atoms with Crippen LogP contribution in [-0.4, -0.2) is 5.60 Å². The van der Waals surface area contributed by atoms with Gasteiger partial charge in [-0.2, -0.15) is 0 Å². The molecule has 0 fully saturated rings. The van der Waals surface area contributed by atoms with Crippen LogP contribution < -0.4 is 13.9 Å². The highest BCUT2D eigenvalue weighted by Crippen LogP contribution is 2.15. The Morgan fingerprint density at radius 2 is 1.31 bits per heavy atom. The van der Waals surface area contributed by atoms with Crippen LogP contribution in [0.25, 0.3) is 0 Å². The van der Waals surface area contributed by atoms with E-state index in [0.717, 1.165) is 18.7 Å². The lowest BCUT2D eigenvalue weighted by atomic mass is 10.1. The van der Waals surface area contributed by atoms with Crippen molar-refractivity contribution in [2.75, 3.05) is 0 Å². The van der Waals surface area contributed by atoms with Crippen molar-refractivity contribution >= 4 is 0 Å². The van der Waals surface area contributed by atoms with Gasteiger partial charge in [0.15, 0.2) is 30.3 Å². The topological polar surface area (TPSA) is 17.0 Å². The second kappa shape index (κ2) is 11.7. The van der Waals surface area contributed by atoms with Gasteiger partial charge >= 0.3 is 0 Å². The summed E-state index contributed by atoms with van der Waals surface area (Å²) in [7, 11) is 0. The molecule has 0 saturated carbocycles. The molecule has 0 N–H and O–H groups in total. The fourth-order valence-electron chi connectivity index (χ4n) is 2.12. The van der Waals surface area contributed by atoms with Crippen molar-refractivity contribution < 1.29 is 13.9 Å². The molecule has 3 nitrogen and oxygen atoms in total. The van der Waals surface area contributed by atoms with Crippen LogP contribution in [0.1, 0.15) is 54.9 Å². The van der Waals surface area contributed by atoms with Crippen molar-refractivity contribution in [3.63, 3.8) is 0 Å². The minimum absolute atomic E-state index is 0. The normalized spacial score (nSPS) is 10.6. The van der Waals surface area contributed by atoms with Gasteiger partial charge in [-0.25, -0.2) is 9.13 Å². The summed E-state index contributed by atoms with van der Waals surface area (Å²) in [6.07, 6.45) is 9.44. The second-order valence-electron chi connectivity index (χ2n) is 7.94. The van der Waals surface area contributed by atoms with Gasteiger partial charge in [-0.1, -0.05) is 13.0 Å². The number of rotatable bonds is 3. The van der Waals surface area contributed by atoms with Gasteiger partial charge in [0, 0.05) is 51.5 Å². The van der Waals surface area contributed by atoms with Crippen molar-refractivity contribution in [3.8, 4) is 5.75 Å². The zero-order valence-corrected chi connectivity index (χ0v) is 18.4. The Bertz CT molecular complexity index is 578. The maximum absolute atomic E-state index is 5.72. The molecule has 0 aliphatic heterocycles. The summed E-state index contributed by atoms with van der Waals surface area (Å²) in [4.78, 5) is 0. The molecule has 0 aliphatic rings. The molecule has 26 heavy (non-hydrogen) atoms. The van der Waals surface area contributed by atoms with E-state index in [1.54, 1.807) is 0 Å². The van der Waals surface area contributed by atoms with E-state index in [2.05, 4.69) is 82.4 Å². The Kier molecular flexibility index (Phi) is 11.8. The van der Waals surface area contributed by atoms with Gasteiger partial charge < -0.3 is 19.6 Å². The van der Waals surface area contributed by atoms with E-state index in [4.69, 9.17) is 4.74 Å². The standard InChI is InChI=1S/C12H20NO.C9H14N.2CH3/c1-5-8-13-9-6-11(7-10-13)14-12(2,3)4;1-9(2,3)10-7-5-4-6-8-10;;/h6-7,9-10H,5,8H2,1-4H3;4-8H,1-3H3;2*1H3/q2*+1;2*-1. The minimum atomic E-state index is -0.114. The van der Waals surface area contributed by atoms with Crippen LogP contribution in [0.15, 0.2) is 55.1 Å². The molecule has 0 saturated heterocycles. The van der Waals surface area contributed by atoms with Gasteiger partial charge in [0.2, 0.25) is 0 Å². The highest BCUT2D eigenvalue weighted by atomic mass is 16.5. The number of hydrogen-bond acceptors (Lipinski definition) is 1. The van der Waals surface area contributed by atoms with E-state index < -0.39 is 0 Å². The number of aryl methyl sites for hydroxylation is 1. The fraction of sp³-hybridized carbons (Fsp3) is 0.478. The Hall–Kier alpha value is -1.90. The third kappa shape index (κ3) is 10.9. The van der Waals surface area contributed by atoms with Crippen LogP contribution >= 0.6 is 0 Å². The number of hydrogen-bond donors (Lipinski definition) is 0. The minimum Gasteiger partial charge on any atom is -0.488 e. The molecule has 0 radical (unpaired) electrons. The zero-order valence-electron chi connectivity index (χ0n) is 18.4. The quantitative estimate of drug-likeness (QED) is 0.544. The third-order valence-corrected chi connectivity index (χ3v) is 3.26. The van der Waals surface area contributed by atoms with Gasteiger partial charge in [-0.05, 0) is 20.8 Å². The van der Waals surface area contributed by atoms with Crippen molar-refractivity contribution in [1.82, 2.24) is 0 Å². The second-order valence-corrected chi connectivity index (χ2v) is 7.94. The zero-order chi connectivity index (χ0) is 18.2. The highest BCUT2D eigenvalue weighted by molar-refractivity contribution is 5.15. The molecule has 0 amide bonds. The van der Waals surface area contributed by atoms with Crippen LogP contribution in [0.4, 0.5) is 0 Å². The summed E-state index contributed by atoms with van der Waals surface area (Å²) in [5.74, 6) is 0.935. The largest absolute Gasteiger partial charge is 0.488 e. The number of nitrogens with zero attached hydrogens (tertiary/aromatic N) is 2. The first-order valence-corrected chi connectivity index (χ1v) is 8.77. The van der Waals surface area contributed by atoms with E-state index in [1.165, 1.54) is 0 Å². The molecule has 0 aromatic carbocycles. The first-order chi connectivity index (χ1) is 11.1. The van der Waals surface area contributed by atoms with Crippen molar-refractivity contribution in [3.05, 3.63) is 70.0 Å². The molecule has 0 bridgehead atoms. The molecule has 2 heterocycles. The Morgan fingerprint density at radius 3 is 1.65 bits per heavy atom. The van der Waals surface area contributed by atoms with Crippen LogP contribution in [0.2, 0.25) is 0 Å². The summed E-state index contributed by atoms with van der Waals surface area (Å²) in [6, 6.07) is 10.2. The Balaban J connectivity index is 0. The fourth-order valence-corrected chi connectivity index (χ4v) is 2.12. The molecule has 148 valence electrons. The maximum atomic E-state index is 5.72. The van der Waals surface area contributed by atoms with Crippen molar-refractivity contribution in [2.24, 2.45) is 0 Å². The van der Waals surface area contributed by atoms with Crippen LogP contribution in [0, 0.1) is 14.9 Å². The molecular weight excluding hydrogens is 320 g/mol. The lowest BCUT2D eigenvalue weighted by molar-refractivity contribution is -0.754. The van der Waals surface area contributed by atoms with Crippen LogP contribution in [0.5, 0.6) is 5.75 Å². The monoisotopic (exact) mass is 360 g/mol. The molecular formula is C23H40N2O. The lowest BCUT2D eigenvalue weighted by Crippen LogP contribution is -2.49. The van der Waals surface area contributed by atoms with Crippen molar-refractivity contribution in [1.29, 1.82) is 0 Å². The smallest absolute Gasteiger partial charge is 0.172 e. The molecule has 2 rings (SSSR count). The van der Waals surface area contributed by atoms with E-state index in [0.29, 0.717) is 0 Å². The van der Waals surface area contributed by atoms with E-state index in [1.807, 2.05) is 30.3 Å². The van der Waals surface area contributed by atoms with Gasteiger partial charge in [0.25, 0.3) is 0 Å². The van der Waals surface area contributed by atoms with E-state index >= 15 is 0 Å². The van der Waals surface area contributed by atoms with Gasteiger partial charge in [0.05, 0.1) is 0 Å². The summed E-state index contributed by atoms with van der Waals surface area (Å²) in [5.41, 5.74) is 0.0954. The summed E-state index contributed by atoms with van der Waals surface area (Å²) in [6.45, 7) is 16.0. The lowest BCUT2D eigenvalue weighted by Gasteiger charge is -2.20. The molecule has 0 aliphatic carbocycles. The van der Waals surface area contributed by atoms with E-state index in [-0.39, 0.29) is 26.0 Å². The average molecular weight is 361 g/mol. The molecule has 3 heteroatoms. The molecule has 2 aromatic rings. The highest BCUT2D eigenvalue weighted by Gasteiger charge is 2.19. The summed E-state index contributed by atoms with van der Waals surface area (Å²) >= 11 is 0. The third-order valence-electron chi connectivity index (χ3n) is 3.26. The maximum Gasteiger partial charge on any atom is 0.172 e. The number of ether oxygens (including phenoxy) is 1. The predicted octanol–water partition coefficient (Wildman–Crippen LogP) is 5.19. The van der Waals surface area contributed by atoms with Crippen LogP contribution in [-0.2, 0) is 12.1 Å². The average Bonchev–Trinajstić information content (AvgIpc) is 2.49. The van der Waals surface area contributed by atoms with E-state index in [9.17, 15) is 0 Å². The molecule has 2 aromatic heterocycles. The van der Waals surface area contributed by atoms with Crippen LogP contribution in [0.3, 0.4) is 0 Å². The van der Waals surface area contributed by atoms with Gasteiger partial charge in [-0.15, -0.1) is 0 Å². The summed E-state index contributed by atoms with van der Waals surface area (Å²) in [5, 5.41) is 0.